The van der Waals surface area contributed by atoms with Crippen LogP contribution in [0.1, 0.15) is 41.7 Å². The number of aromatic amines is 1. The van der Waals surface area contributed by atoms with Crippen LogP contribution in [0.2, 0.25) is 0 Å². The molecule has 1 aliphatic heterocycles. The standard InChI is InChI=1S/C27H27F2N5O3/c1-15(2)27(36)33-11-9-16(10-12-33)20-14-31-34-24(25(30)35)23(32-26(20)34)17-3-6-19(7-4-17)37-22-8-5-18(28)13-21(22)29/h3-8,13-14,16,27,32,36H,1,9-12H2,2H3,(H2,30,35). The van der Waals surface area contributed by atoms with Gasteiger partial charge in [-0.05, 0) is 67.7 Å². The maximum atomic E-state index is 13.9. The molecule has 0 aliphatic carbocycles. The van der Waals surface area contributed by atoms with Crippen LogP contribution in [0.3, 0.4) is 0 Å². The monoisotopic (exact) mass is 507 g/mol. The molecule has 2 aromatic carbocycles. The Balaban J connectivity index is 1.41. The van der Waals surface area contributed by atoms with Gasteiger partial charge in [-0.1, -0.05) is 6.58 Å². The first-order valence-electron chi connectivity index (χ1n) is 11.9. The predicted molar refractivity (Wildman–Crippen MR) is 134 cm³/mol. The molecule has 4 N–H and O–H groups in total. The highest BCUT2D eigenvalue weighted by molar-refractivity contribution is 5.98. The van der Waals surface area contributed by atoms with Gasteiger partial charge in [0.05, 0.1) is 11.9 Å². The number of benzene rings is 2. The Morgan fingerprint density at radius 3 is 2.54 bits per heavy atom. The number of hydrogen-bond donors (Lipinski definition) is 3. The zero-order valence-corrected chi connectivity index (χ0v) is 20.2. The highest BCUT2D eigenvalue weighted by Gasteiger charge is 2.29. The molecule has 1 atom stereocenters. The maximum Gasteiger partial charge on any atom is 0.269 e. The van der Waals surface area contributed by atoms with Gasteiger partial charge in [0.15, 0.2) is 17.3 Å². The number of fused-ring (bicyclic) bond motifs is 1. The lowest BCUT2D eigenvalue weighted by Gasteiger charge is -2.35. The van der Waals surface area contributed by atoms with Crippen molar-refractivity contribution in [2.75, 3.05) is 13.1 Å². The minimum atomic E-state index is -0.807. The van der Waals surface area contributed by atoms with Gasteiger partial charge in [-0.15, -0.1) is 0 Å². The van der Waals surface area contributed by atoms with Crippen molar-refractivity contribution in [3.63, 3.8) is 0 Å². The molecule has 0 spiro atoms. The van der Waals surface area contributed by atoms with Crippen molar-refractivity contribution >= 4 is 11.6 Å². The van der Waals surface area contributed by atoms with E-state index in [-0.39, 0.29) is 17.4 Å². The SMILES string of the molecule is C=C(C)C(O)N1CCC(c2cnn3c(C(N)=O)c(-c4ccc(Oc5ccc(F)cc5F)cc4)[nH]c23)CC1. The van der Waals surface area contributed by atoms with Crippen LogP contribution in [0.5, 0.6) is 11.5 Å². The summed E-state index contributed by atoms with van der Waals surface area (Å²) in [7, 11) is 0. The molecule has 192 valence electrons. The molecule has 5 rings (SSSR count). The van der Waals surface area contributed by atoms with Gasteiger partial charge < -0.3 is 20.6 Å². The minimum Gasteiger partial charge on any atom is -0.454 e. The van der Waals surface area contributed by atoms with Gasteiger partial charge in [0.1, 0.15) is 23.4 Å². The van der Waals surface area contributed by atoms with Crippen molar-refractivity contribution in [1.82, 2.24) is 19.5 Å². The predicted octanol–water partition coefficient (Wildman–Crippen LogP) is 4.57. The number of likely N-dealkylation sites (tertiary alicyclic amines) is 1. The third-order valence-corrected chi connectivity index (χ3v) is 6.74. The Morgan fingerprint density at radius 1 is 1.22 bits per heavy atom. The van der Waals surface area contributed by atoms with Crippen LogP contribution in [-0.2, 0) is 0 Å². The number of piperidine rings is 1. The number of hydrogen-bond acceptors (Lipinski definition) is 5. The first-order valence-corrected chi connectivity index (χ1v) is 11.9. The molecule has 8 nitrogen and oxygen atoms in total. The van der Waals surface area contributed by atoms with Crippen LogP contribution < -0.4 is 10.5 Å². The molecule has 0 bridgehead atoms. The van der Waals surface area contributed by atoms with E-state index in [0.717, 1.165) is 30.5 Å². The number of ether oxygens (including phenoxy) is 1. The van der Waals surface area contributed by atoms with Crippen molar-refractivity contribution in [3.05, 3.63) is 83.7 Å². The van der Waals surface area contributed by atoms with E-state index in [4.69, 9.17) is 10.5 Å². The average molecular weight is 508 g/mol. The molecule has 1 amide bonds. The van der Waals surface area contributed by atoms with Crippen molar-refractivity contribution in [3.8, 4) is 22.8 Å². The van der Waals surface area contributed by atoms with E-state index in [2.05, 4.69) is 16.7 Å². The summed E-state index contributed by atoms with van der Waals surface area (Å²) in [6.45, 7) is 7.07. The number of aromatic nitrogens is 3. The molecule has 37 heavy (non-hydrogen) atoms. The summed E-state index contributed by atoms with van der Waals surface area (Å²) in [5, 5.41) is 14.7. The number of carbonyl (C=O) groups is 1. The summed E-state index contributed by atoms with van der Waals surface area (Å²) in [4.78, 5) is 17.7. The van der Waals surface area contributed by atoms with E-state index in [1.165, 1.54) is 10.6 Å². The molecule has 4 aromatic rings. The Kier molecular flexibility index (Phi) is 6.53. The zero-order chi connectivity index (χ0) is 26.3. The maximum absolute atomic E-state index is 13.9. The largest absolute Gasteiger partial charge is 0.454 e. The number of nitrogens with zero attached hydrogens (tertiary/aromatic N) is 3. The Hall–Kier alpha value is -4.02. The minimum absolute atomic E-state index is 0.100. The Bertz CT molecular complexity index is 1470. The van der Waals surface area contributed by atoms with Crippen LogP contribution in [0.15, 0.2) is 60.8 Å². The van der Waals surface area contributed by atoms with Crippen molar-refractivity contribution in [2.24, 2.45) is 5.73 Å². The number of aliphatic hydroxyl groups is 1. The Morgan fingerprint density at radius 2 is 1.92 bits per heavy atom. The first kappa shape index (κ1) is 24.7. The second-order valence-corrected chi connectivity index (χ2v) is 9.30. The molecule has 1 saturated heterocycles. The zero-order valence-electron chi connectivity index (χ0n) is 20.2. The quantitative estimate of drug-likeness (QED) is 0.318. The van der Waals surface area contributed by atoms with Crippen LogP contribution in [-0.4, -0.2) is 49.8 Å². The van der Waals surface area contributed by atoms with Crippen LogP contribution in [0, 0.1) is 11.6 Å². The van der Waals surface area contributed by atoms with E-state index >= 15 is 0 Å². The highest BCUT2D eigenvalue weighted by Crippen LogP contribution is 2.35. The number of nitrogens with one attached hydrogen (secondary N) is 1. The first-order chi connectivity index (χ1) is 17.7. The number of carbonyl (C=O) groups excluding carboxylic acids is 1. The molecule has 2 aromatic heterocycles. The third-order valence-electron chi connectivity index (χ3n) is 6.74. The van der Waals surface area contributed by atoms with Gasteiger partial charge in [-0.2, -0.15) is 5.10 Å². The van der Waals surface area contributed by atoms with E-state index in [1.54, 1.807) is 30.5 Å². The molecule has 1 fully saturated rings. The summed E-state index contributed by atoms with van der Waals surface area (Å²) in [6.07, 6.45) is 2.74. The molecule has 1 aliphatic rings. The number of H-pyrrole nitrogens is 1. The van der Waals surface area contributed by atoms with E-state index < -0.39 is 23.8 Å². The summed E-state index contributed by atoms with van der Waals surface area (Å²) in [6, 6.07) is 9.75. The molecule has 0 radical (unpaired) electrons. The number of amides is 1. The average Bonchev–Trinajstić information content (AvgIpc) is 3.45. The molecular formula is C27H27F2N5O3. The molecular weight excluding hydrogens is 480 g/mol. The van der Waals surface area contributed by atoms with E-state index in [0.29, 0.717) is 41.3 Å². The molecule has 10 heteroatoms. The van der Waals surface area contributed by atoms with Gasteiger partial charge in [-0.3, -0.25) is 9.69 Å². The van der Waals surface area contributed by atoms with Crippen LogP contribution >= 0.6 is 0 Å². The number of primary amides is 1. The van der Waals surface area contributed by atoms with Gasteiger partial charge >= 0.3 is 0 Å². The summed E-state index contributed by atoms with van der Waals surface area (Å²) < 4.78 is 34.2. The lowest BCUT2D eigenvalue weighted by Crippen LogP contribution is -2.41. The fourth-order valence-electron chi connectivity index (χ4n) is 4.82. The lowest BCUT2D eigenvalue weighted by atomic mass is 9.91. The van der Waals surface area contributed by atoms with Gasteiger partial charge in [0.25, 0.3) is 5.91 Å². The lowest BCUT2D eigenvalue weighted by molar-refractivity contribution is 0.0162. The van der Waals surface area contributed by atoms with Crippen LogP contribution in [0.4, 0.5) is 8.78 Å². The smallest absolute Gasteiger partial charge is 0.269 e. The van der Waals surface area contributed by atoms with Crippen molar-refractivity contribution in [1.29, 1.82) is 0 Å². The fourth-order valence-corrected chi connectivity index (χ4v) is 4.82. The van der Waals surface area contributed by atoms with Crippen LogP contribution in [0.25, 0.3) is 16.9 Å². The summed E-state index contributed by atoms with van der Waals surface area (Å²) in [5.41, 5.74) is 9.50. The number of halogens is 2. The normalized spacial score (nSPS) is 15.7. The second-order valence-electron chi connectivity index (χ2n) is 9.30. The second kappa shape index (κ2) is 9.79. The molecule has 1 unspecified atom stereocenters. The Labute approximate surface area is 212 Å². The number of nitrogens with two attached hydrogens (primary N) is 1. The van der Waals surface area contributed by atoms with Crippen molar-refractivity contribution < 1.29 is 23.4 Å². The van der Waals surface area contributed by atoms with Gasteiger partial charge in [0.2, 0.25) is 0 Å². The fraction of sp³-hybridized carbons (Fsp3) is 0.259. The molecule has 0 saturated carbocycles. The topological polar surface area (TPSA) is 109 Å². The highest BCUT2D eigenvalue weighted by atomic mass is 19.1. The summed E-state index contributed by atoms with van der Waals surface area (Å²) in [5.74, 6) is -1.69. The van der Waals surface area contributed by atoms with Crippen molar-refractivity contribution in [2.45, 2.75) is 31.9 Å². The molecule has 3 heterocycles. The van der Waals surface area contributed by atoms with Gasteiger partial charge in [0, 0.05) is 30.3 Å². The van der Waals surface area contributed by atoms with E-state index in [9.17, 15) is 18.7 Å². The van der Waals surface area contributed by atoms with Gasteiger partial charge in [-0.25, -0.2) is 13.3 Å². The number of imidazole rings is 1. The third kappa shape index (κ3) is 4.73. The summed E-state index contributed by atoms with van der Waals surface area (Å²) >= 11 is 0. The number of aliphatic hydroxyl groups excluding tert-OH is 1. The van der Waals surface area contributed by atoms with E-state index in [1.807, 2.05) is 11.8 Å². The number of rotatable bonds is 7.